The fraction of sp³-hybridized carbons (Fsp3) is 0.700. The van der Waals surface area contributed by atoms with Crippen LogP contribution < -0.4 is 0 Å². The van der Waals surface area contributed by atoms with Crippen LogP contribution in [0.5, 0.6) is 0 Å². The van der Waals surface area contributed by atoms with Crippen molar-refractivity contribution in [2.24, 2.45) is 0 Å². The second-order valence-corrected chi connectivity index (χ2v) is 5.86. The Morgan fingerprint density at radius 1 is 1.53 bits per heavy atom. The number of aryl methyl sites for hydroxylation is 2. The highest BCUT2D eigenvalue weighted by Gasteiger charge is 2.23. The number of aromatic nitrogens is 2. The van der Waals surface area contributed by atoms with Crippen LogP contribution in [0.2, 0.25) is 0 Å². The monoisotopic (exact) mass is 261 g/mol. The van der Waals surface area contributed by atoms with E-state index in [4.69, 9.17) is 5.11 Å². The van der Waals surface area contributed by atoms with E-state index in [0.29, 0.717) is 5.82 Å². The quantitative estimate of drug-likeness (QED) is 0.794. The maximum absolute atomic E-state index is 12.0. The van der Waals surface area contributed by atoms with Gasteiger partial charge in [-0.1, -0.05) is 6.92 Å². The van der Waals surface area contributed by atoms with Crippen LogP contribution in [-0.2, 0) is 16.6 Å². The molecule has 0 saturated heterocycles. The molecule has 0 atom stereocenters. The number of hydrogen-bond donors (Lipinski definition) is 1. The lowest BCUT2D eigenvalue weighted by Gasteiger charge is -2.13. The SMILES string of the molecule is CCCn1cc(S(=O)(=O)N(C)CCO)nc1C. The Hall–Kier alpha value is -0.920. The summed E-state index contributed by atoms with van der Waals surface area (Å²) in [5.74, 6) is 0.683. The Morgan fingerprint density at radius 2 is 2.18 bits per heavy atom. The molecule has 7 heteroatoms. The lowest BCUT2D eigenvalue weighted by Crippen LogP contribution is -2.29. The molecule has 98 valence electrons. The summed E-state index contributed by atoms with van der Waals surface area (Å²) in [5, 5.41) is 8.80. The number of rotatable bonds is 6. The second kappa shape index (κ2) is 5.61. The normalized spacial score (nSPS) is 12.3. The van der Waals surface area contributed by atoms with Gasteiger partial charge in [0.1, 0.15) is 5.82 Å². The molecule has 1 aromatic heterocycles. The largest absolute Gasteiger partial charge is 0.395 e. The van der Waals surface area contributed by atoms with Crippen LogP contribution in [0.15, 0.2) is 11.2 Å². The molecule has 0 spiro atoms. The van der Waals surface area contributed by atoms with E-state index in [2.05, 4.69) is 4.98 Å². The molecule has 0 aliphatic rings. The third-order valence-electron chi connectivity index (χ3n) is 2.51. The number of imidazole rings is 1. The minimum Gasteiger partial charge on any atom is -0.395 e. The average molecular weight is 261 g/mol. The van der Waals surface area contributed by atoms with E-state index < -0.39 is 10.0 Å². The summed E-state index contributed by atoms with van der Waals surface area (Å²) in [7, 11) is -2.15. The van der Waals surface area contributed by atoms with E-state index in [1.807, 2.05) is 11.5 Å². The number of aliphatic hydroxyl groups is 1. The van der Waals surface area contributed by atoms with Crippen molar-refractivity contribution in [2.75, 3.05) is 20.2 Å². The Kier molecular flexibility index (Phi) is 4.67. The standard InChI is InChI=1S/C10H19N3O3S/c1-4-5-13-8-10(11-9(13)2)17(15,16)12(3)6-7-14/h8,14H,4-7H2,1-3H3. The van der Waals surface area contributed by atoms with Gasteiger partial charge in [-0.15, -0.1) is 0 Å². The first-order chi connectivity index (χ1) is 7.93. The minimum atomic E-state index is -3.58. The molecule has 1 aromatic rings. The van der Waals surface area contributed by atoms with Gasteiger partial charge in [-0.05, 0) is 13.3 Å². The van der Waals surface area contributed by atoms with Crippen molar-refractivity contribution in [3.05, 3.63) is 12.0 Å². The summed E-state index contributed by atoms with van der Waals surface area (Å²) >= 11 is 0. The first-order valence-electron chi connectivity index (χ1n) is 5.54. The fourth-order valence-corrected chi connectivity index (χ4v) is 2.64. The van der Waals surface area contributed by atoms with Crippen molar-refractivity contribution < 1.29 is 13.5 Å². The topological polar surface area (TPSA) is 75.4 Å². The zero-order valence-corrected chi connectivity index (χ0v) is 11.2. The fourth-order valence-electron chi connectivity index (χ4n) is 1.49. The molecule has 0 fully saturated rings. The van der Waals surface area contributed by atoms with Gasteiger partial charge in [-0.3, -0.25) is 0 Å². The number of aliphatic hydroxyl groups excluding tert-OH is 1. The third kappa shape index (κ3) is 3.05. The molecule has 0 aliphatic heterocycles. The van der Waals surface area contributed by atoms with Gasteiger partial charge < -0.3 is 9.67 Å². The van der Waals surface area contributed by atoms with Crippen LogP contribution in [0.4, 0.5) is 0 Å². The van der Waals surface area contributed by atoms with E-state index in [-0.39, 0.29) is 18.2 Å². The van der Waals surface area contributed by atoms with Gasteiger partial charge in [0.25, 0.3) is 10.0 Å². The Bertz CT molecular complexity index is 467. The van der Waals surface area contributed by atoms with Gasteiger partial charge in [0.15, 0.2) is 5.03 Å². The summed E-state index contributed by atoms with van der Waals surface area (Å²) in [5.41, 5.74) is 0. The summed E-state index contributed by atoms with van der Waals surface area (Å²) < 4.78 is 27.0. The molecule has 1 heterocycles. The van der Waals surface area contributed by atoms with Crippen LogP contribution >= 0.6 is 0 Å². The molecule has 0 aliphatic carbocycles. The van der Waals surface area contributed by atoms with Crippen LogP contribution in [0.25, 0.3) is 0 Å². The van der Waals surface area contributed by atoms with Gasteiger partial charge >= 0.3 is 0 Å². The van der Waals surface area contributed by atoms with Gasteiger partial charge in [0, 0.05) is 26.3 Å². The zero-order valence-electron chi connectivity index (χ0n) is 10.4. The molecule has 1 N–H and O–H groups in total. The molecule has 0 amide bonds. The Labute approximate surface area is 102 Å². The highest BCUT2D eigenvalue weighted by molar-refractivity contribution is 7.89. The van der Waals surface area contributed by atoms with E-state index >= 15 is 0 Å². The molecule has 0 unspecified atom stereocenters. The molecule has 0 radical (unpaired) electrons. The van der Waals surface area contributed by atoms with E-state index in [0.717, 1.165) is 17.3 Å². The molecular weight excluding hydrogens is 242 g/mol. The summed E-state index contributed by atoms with van der Waals surface area (Å²) in [4.78, 5) is 4.06. The van der Waals surface area contributed by atoms with E-state index in [9.17, 15) is 8.42 Å². The number of likely N-dealkylation sites (N-methyl/N-ethyl adjacent to an activating group) is 1. The molecule has 6 nitrogen and oxygen atoms in total. The van der Waals surface area contributed by atoms with Crippen molar-refractivity contribution in [2.45, 2.75) is 31.8 Å². The maximum Gasteiger partial charge on any atom is 0.261 e. The lowest BCUT2D eigenvalue weighted by molar-refractivity contribution is 0.266. The van der Waals surface area contributed by atoms with Crippen LogP contribution in [0.1, 0.15) is 19.2 Å². The second-order valence-electron chi connectivity index (χ2n) is 3.87. The number of hydrogen-bond acceptors (Lipinski definition) is 4. The summed E-state index contributed by atoms with van der Waals surface area (Å²) in [6, 6.07) is 0. The van der Waals surface area contributed by atoms with Crippen molar-refractivity contribution >= 4 is 10.0 Å². The van der Waals surface area contributed by atoms with Crippen molar-refractivity contribution in [3.63, 3.8) is 0 Å². The van der Waals surface area contributed by atoms with Gasteiger partial charge in [0.2, 0.25) is 0 Å². The molecule has 0 bridgehead atoms. The van der Waals surface area contributed by atoms with Gasteiger partial charge in [-0.25, -0.2) is 13.4 Å². The highest BCUT2D eigenvalue weighted by Crippen LogP contribution is 2.13. The molecule has 0 saturated carbocycles. The summed E-state index contributed by atoms with van der Waals surface area (Å²) in [6.45, 7) is 4.41. The smallest absolute Gasteiger partial charge is 0.261 e. The van der Waals surface area contributed by atoms with Gasteiger partial charge in [0.05, 0.1) is 6.61 Å². The highest BCUT2D eigenvalue weighted by atomic mass is 32.2. The summed E-state index contributed by atoms with van der Waals surface area (Å²) in [6.07, 6.45) is 2.46. The van der Waals surface area contributed by atoms with E-state index in [1.165, 1.54) is 7.05 Å². The van der Waals surface area contributed by atoms with Gasteiger partial charge in [-0.2, -0.15) is 4.31 Å². The number of nitrogens with zero attached hydrogens (tertiary/aromatic N) is 3. The van der Waals surface area contributed by atoms with E-state index in [1.54, 1.807) is 13.1 Å². The average Bonchev–Trinajstić information content (AvgIpc) is 2.62. The Morgan fingerprint density at radius 3 is 2.71 bits per heavy atom. The molecule has 0 aromatic carbocycles. The Balaban J connectivity index is 3.03. The van der Waals surface area contributed by atoms with Crippen molar-refractivity contribution in [1.82, 2.24) is 13.9 Å². The molecule has 17 heavy (non-hydrogen) atoms. The first-order valence-corrected chi connectivity index (χ1v) is 6.98. The third-order valence-corrected chi connectivity index (χ3v) is 4.24. The maximum atomic E-state index is 12.0. The predicted octanol–water partition coefficient (Wildman–Crippen LogP) is 0.214. The number of sulfonamides is 1. The van der Waals surface area contributed by atoms with Crippen molar-refractivity contribution in [1.29, 1.82) is 0 Å². The van der Waals surface area contributed by atoms with Crippen LogP contribution in [0, 0.1) is 6.92 Å². The van der Waals surface area contributed by atoms with Crippen LogP contribution in [0.3, 0.4) is 0 Å². The van der Waals surface area contributed by atoms with Crippen LogP contribution in [-0.4, -0.2) is 47.6 Å². The molecule has 1 rings (SSSR count). The lowest BCUT2D eigenvalue weighted by atomic mass is 10.5. The zero-order chi connectivity index (χ0) is 13.1. The molecular formula is C10H19N3O3S. The predicted molar refractivity (Wildman–Crippen MR) is 64.2 cm³/mol. The minimum absolute atomic E-state index is 0.0411. The van der Waals surface area contributed by atoms with Crippen molar-refractivity contribution in [3.8, 4) is 0 Å². The first kappa shape index (κ1) is 14.1.